The molecule has 0 aliphatic heterocycles. The highest BCUT2D eigenvalue weighted by Gasteiger charge is 2.29. The van der Waals surface area contributed by atoms with Crippen molar-refractivity contribution in [3.05, 3.63) is 21.7 Å². The van der Waals surface area contributed by atoms with Gasteiger partial charge >= 0.3 is 5.97 Å². The molecular formula is C15H21BrO5. The van der Waals surface area contributed by atoms with E-state index in [1.54, 1.807) is 13.0 Å². The molecule has 0 radical (unpaired) electrons. The number of carbonyl (C=O) groups is 1. The monoisotopic (exact) mass is 360 g/mol. The van der Waals surface area contributed by atoms with Crippen LogP contribution in [-0.2, 0) is 9.53 Å². The van der Waals surface area contributed by atoms with Gasteiger partial charge in [0.1, 0.15) is 0 Å². The zero-order valence-electron chi connectivity index (χ0n) is 12.9. The summed E-state index contributed by atoms with van der Waals surface area (Å²) in [6.45, 7) is 5.80. The molecule has 5 nitrogen and oxygen atoms in total. The van der Waals surface area contributed by atoms with Crippen molar-refractivity contribution >= 4 is 21.9 Å². The number of aliphatic hydroxyl groups is 1. The molecule has 0 aliphatic rings. The van der Waals surface area contributed by atoms with Crippen molar-refractivity contribution in [2.75, 3.05) is 20.8 Å². The topological polar surface area (TPSA) is 65.0 Å². The van der Waals surface area contributed by atoms with Gasteiger partial charge < -0.3 is 19.3 Å². The molecule has 0 bridgehead atoms. The summed E-state index contributed by atoms with van der Waals surface area (Å²) in [5.74, 6) is 0.375. The van der Waals surface area contributed by atoms with Crippen molar-refractivity contribution in [2.45, 2.75) is 32.8 Å². The van der Waals surface area contributed by atoms with Gasteiger partial charge in [-0.2, -0.15) is 0 Å². The van der Waals surface area contributed by atoms with E-state index in [-0.39, 0.29) is 12.5 Å². The predicted octanol–water partition coefficient (Wildman–Crippen LogP) is 3.19. The second-order valence-electron chi connectivity index (χ2n) is 4.73. The van der Waals surface area contributed by atoms with Gasteiger partial charge in [-0.25, -0.2) is 4.79 Å². The molecule has 1 aromatic carbocycles. The van der Waals surface area contributed by atoms with E-state index in [1.807, 2.05) is 13.8 Å². The average molecular weight is 361 g/mol. The van der Waals surface area contributed by atoms with E-state index in [1.165, 1.54) is 14.2 Å². The van der Waals surface area contributed by atoms with Gasteiger partial charge in [-0.3, -0.25) is 0 Å². The lowest BCUT2D eigenvalue weighted by atomic mass is 9.92. The number of hydrogen-bond donors (Lipinski definition) is 1. The number of rotatable bonds is 6. The summed E-state index contributed by atoms with van der Waals surface area (Å²) in [6, 6.07) is 1.67. The fourth-order valence-corrected chi connectivity index (χ4v) is 2.83. The molecule has 0 fully saturated rings. The Bertz CT molecular complexity index is 513. The van der Waals surface area contributed by atoms with Crippen molar-refractivity contribution < 1.29 is 24.1 Å². The Hall–Kier alpha value is -1.27. The van der Waals surface area contributed by atoms with Crippen LogP contribution in [0.25, 0.3) is 0 Å². The number of carbonyl (C=O) groups excluding carboxylic acids is 1. The van der Waals surface area contributed by atoms with Crippen molar-refractivity contribution in [1.29, 1.82) is 0 Å². The van der Waals surface area contributed by atoms with E-state index < -0.39 is 12.1 Å². The zero-order valence-corrected chi connectivity index (χ0v) is 14.5. The largest absolute Gasteiger partial charge is 0.493 e. The molecule has 0 heterocycles. The Morgan fingerprint density at radius 2 is 1.90 bits per heavy atom. The molecule has 0 spiro atoms. The number of esters is 1. The normalized spacial score (nSPS) is 12.2. The fourth-order valence-electron chi connectivity index (χ4n) is 2.19. The minimum atomic E-state index is -1.38. The van der Waals surface area contributed by atoms with Gasteiger partial charge in [-0.1, -0.05) is 29.8 Å². The standard InChI is InChI=1S/C15H21BrO5/c1-6-21-15(18)13(17)12-9(16)7-10(19-4)14(20-5)11(12)8(2)3/h7-8,13,17H,6H2,1-5H3. The van der Waals surface area contributed by atoms with Gasteiger partial charge in [0.2, 0.25) is 0 Å². The van der Waals surface area contributed by atoms with Gasteiger partial charge in [0.25, 0.3) is 0 Å². The minimum Gasteiger partial charge on any atom is -0.493 e. The van der Waals surface area contributed by atoms with Crippen LogP contribution in [0.4, 0.5) is 0 Å². The third-order valence-electron chi connectivity index (χ3n) is 3.06. The molecule has 0 amide bonds. The van der Waals surface area contributed by atoms with Crippen LogP contribution in [0.2, 0.25) is 0 Å². The Morgan fingerprint density at radius 3 is 2.33 bits per heavy atom. The number of benzene rings is 1. The van der Waals surface area contributed by atoms with Crippen LogP contribution in [0.15, 0.2) is 10.5 Å². The highest BCUT2D eigenvalue weighted by Crippen LogP contribution is 2.44. The molecule has 1 aromatic rings. The Balaban J connectivity index is 3.53. The minimum absolute atomic E-state index is 0.0189. The summed E-state index contributed by atoms with van der Waals surface area (Å²) < 4.78 is 16.2. The SMILES string of the molecule is CCOC(=O)C(O)c1c(Br)cc(OC)c(OC)c1C(C)C. The summed E-state index contributed by atoms with van der Waals surface area (Å²) in [7, 11) is 3.06. The summed E-state index contributed by atoms with van der Waals surface area (Å²) in [5, 5.41) is 10.3. The molecule has 0 aromatic heterocycles. The van der Waals surface area contributed by atoms with E-state index >= 15 is 0 Å². The highest BCUT2D eigenvalue weighted by molar-refractivity contribution is 9.10. The van der Waals surface area contributed by atoms with Gasteiger partial charge in [0, 0.05) is 15.6 Å². The van der Waals surface area contributed by atoms with Gasteiger partial charge in [0.05, 0.1) is 20.8 Å². The van der Waals surface area contributed by atoms with Crippen LogP contribution in [0.3, 0.4) is 0 Å². The van der Waals surface area contributed by atoms with Crippen molar-refractivity contribution in [1.82, 2.24) is 0 Å². The molecule has 1 N–H and O–H groups in total. The predicted molar refractivity (Wildman–Crippen MR) is 82.9 cm³/mol. The summed E-state index contributed by atoms with van der Waals surface area (Å²) >= 11 is 3.39. The molecule has 0 aliphatic carbocycles. The van der Waals surface area contributed by atoms with Crippen LogP contribution >= 0.6 is 15.9 Å². The first-order valence-corrected chi connectivity index (χ1v) is 7.47. The van der Waals surface area contributed by atoms with Crippen LogP contribution in [0.1, 0.15) is 43.9 Å². The molecule has 1 rings (SSSR count). The molecule has 0 saturated heterocycles. The average Bonchev–Trinajstić information content (AvgIpc) is 2.45. The first-order chi connectivity index (χ1) is 9.88. The number of ether oxygens (including phenoxy) is 3. The number of halogens is 1. The van der Waals surface area contributed by atoms with Crippen molar-refractivity contribution in [2.24, 2.45) is 0 Å². The smallest absolute Gasteiger partial charge is 0.339 e. The van der Waals surface area contributed by atoms with E-state index in [2.05, 4.69) is 15.9 Å². The van der Waals surface area contributed by atoms with Gasteiger partial charge in [-0.15, -0.1) is 0 Å². The van der Waals surface area contributed by atoms with Crippen LogP contribution in [0, 0.1) is 0 Å². The van der Waals surface area contributed by atoms with Gasteiger partial charge in [0.15, 0.2) is 17.6 Å². The molecular weight excluding hydrogens is 340 g/mol. The fraction of sp³-hybridized carbons (Fsp3) is 0.533. The Labute approximate surface area is 133 Å². The number of hydrogen-bond acceptors (Lipinski definition) is 5. The molecule has 1 unspecified atom stereocenters. The Kier molecular flexibility index (Phi) is 6.48. The first-order valence-electron chi connectivity index (χ1n) is 6.67. The highest BCUT2D eigenvalue weighted by atomic mass is 79.9. The molecule has 6 heteroatoms. The van der Waals surface area contributed by atoms with Crippen LogP contribution in [0.5, 0.6) is 11.5 Å². The lowest BCUT2D eigenvalue weighted by Gasteiger charge is -2.23. The molecule has 1 atom stereocenters. The first kappa shape index (κ1) is 17.8. The molecule has 21 heavy (non-hydrogen) atoms. The van der Waals surface area contributed by atoms with Crippen LogP contribution in [-0.4, -0.2) is 31.9 Å². The summed E-state index contributed by atoms with van der Waals surface area (Å²) in [4.78, 5) is 11.9. The van der Waals surface area contributed by atoms with E-state index in [0.29, 0.717) is 27.1 Å². The third-order valence-corrected chi connectivity index (χ3v) is 3.71. The lowest BCUT2D eigenvalue weighted by Crippen LogP contribution is -2.18. The summed E-state index contributed by atoms with van der Waals surface area (Å²) in [5.41, 5.74) is 1.16. The van der Waals surface area contributed by atoms with E-state index in [4.69, 9.17) is 14.2 Å². The van der Waals surface area contributed by atoms with E-state index in [9.17, 15) is 9.90 Å². The van der Waals surface area contributed by atoms with Gasteiger partial charge in [-0.05, 0) is 18.9 Å². The number of methoxy groups -OCH3 is 2. The molecule has 118 valence electrons. The van der Waals surface area contributed by atoms with Crippen molar-refractivity contribution in [3.8, 4) is 11.5 Å². The summed E-state index contributed by atoms with van der Waals surface area (Å²) in [6.07, 6.45) is -1.38. The second kappa shape index (κ2) is 7.66. The van der Waals surface area contributed by atoms with E-state index in [0.717, 1.165) is 0 Å². The lowest BCUT2D eigenvalue weighted by molar-refractivity contribution is -0.153. The maximum absolute atomic E-state index is 11.9. The zero-order chi connectivity index (χ0) is 16.2. The second-order valence-corrected chi connectivity index (χ2v) is 5.58. The Morgan fingerprint density at radius 1 is 1.29 bits per heavy atom. The third kappa shape index (κ3) is 3.68. The quantitative estimate of drug-likeness (QED) is 0.789. The maximum Gasteiger partial charge on any atom is 0.339 e. The molecule has 0 saturated carbocycles. The van der Waals surface area contributed by atoms with Crippen LogP contribution < -0.4 is 9.47 Å². The maximum atomic E-state index is 11.9. The number of aliphatic hydroxyl groups excluding tert-OH is 1. The van der Waals surface area contributed by atoms with Crippen molar-refractivity contribution in [3.63, 3.8) is 0 Å².